The monoisotopic (exact) mass is 285 g/mol. The number of ether oxygens (including phenoxy) is 1. The normalized spacial score (nSPS) is 12.4. The second kappa shape index (κ2) is 7.09. The summed E-state index contributed by atoms with van der Waals surface area (Å²) in [5.74, 6) is 0.940. The average Bonchev–Trinajstić information content (AvgIpc) is 2.50. The Balaban J connectivity index is 2.03. The zero-order valence-corrected chi connectivity index (χ0v) is 12.9. The van der Waals surface area contributed by atoms with Gasteiger partial charge in [0.05, 0.1) is 18.5 Å². The van der Waals surface area contributed by atoms with Crippen LogP contribution in [0.5, 0.6) is 5.75 Å². The molecule has 0 aliphatic carbocycles. The van der Waals surface area contributed by atoms with Gasteiger partial charge in [0, 0.05) is 18.8 Å². The smallest absolute Gasteiger partial charge is 0.122 e. The number of likely N-dealkylation sites (N-methyl/N-ethyl adjacent to an activating group) is 1. The second-order valence-corrected chi connectivity index (χ2v) is 5.32. The molecule has 1 aromatic carbocycles. The number of hydrogen-bond acceptors (Lipinski definition) is 4. The van der Waals surface area contributed by atoms with E-state index in [0.717, 1.165) is 30.1 Å². The predicted octanol–water partition coefficient (Wildman–Crippen LogP) is 2.74. The summed E-state index contributed by atoms with van der Waals surface area (Å²) in [6, 6.07) is 12.3. The molecule has 4 nitrogen and oxygen atoms in total. The SMILES string of the molecule is COc1ccccc1CC(C)N(C)Cc1ncccc1N. The topological polar surface area (TPSA) is 51.4 Å². The Morgan fingerprint density at radius 3 is 2.71 bits per heavy atom. The molecule has 4 heteroatoms. The summed E-state index contributed by atoms with van der Waals surface area (Å²) in [6.07, 6.45) is 2.71. The molecule has 1 atom stereocenters. The van der Waals surface area contributed by atoms with E-state index in [1.165, 1.54) is 5.56 Å². The minimum absolute atomic E-state index is 0.364. The van der Waals surface area contributed by atoms with Gasteiger partial charge in [-0.15, -0.1) is 0 Å². The number of benzene rings is 1. The highest BCUT2D eigenvalue weighted by atomic mass is 16.5. The molecule has 1 heterocycles. The van der Waals surface area contributed by atoms with Gasteiger partial charge in [-0.25, -0.2) is 0 Å². The van der Waals surface area contributed by atoms with Crippen molar-refractivity contribution in [2.24, 2.45) is 0 Å². The molecule has 0 bridgehead atoms. The number of rotatable bonds is 6. The number of aromatic nitrogens is 1. The Bertz CT molecular complexity index is 586. The molecule has 1 unspecified atom stereocenters. The predicted molar refractivity (Wildman–Crippen MR) is 86.3 cm³/mol. The average molecular weight is 285 g/mol. The Kier molecular flexibility index (Phi) is 5.17. The number of hydrogen-bond donors (Lipinski definition) is 1. The van der Waals surface area contributed by atoms with E-state index < -0.39 is 0 Å². The van der Waals surface area contributed by atoms with Crippen LogP contribution in [-0.2, 0) is 13.0 Å². The van der Waals surface area contributed by atoms with Gasteiger partial charge in [0.25, 0.3) is 0 Å². The minimum atomic E-state index is 0.364. The Morgan fingerprint density at radius 1 is 1.24 bits per heavy atom. The lowest BCUT2D eigenvalue weighted by molar-refractivity contribution is 0.244. The van der Waals surface area contributed by atoms with Crippen LogP contribution in [0.4, 0.5) is 5.69 Å². The minimum Gasteiger partial charge on any atom is -0.496 e. The van der Waals surface area contributed by atoms with Crippen LogP contribution in [0.2, 0.25) is 0 Å². The molecule has 2 rings (SSSR count). The van der Waals surface area contributed by atoms with Crippen LogP contribution in [0.3, 0.4) is 0 Å². The lowest BCUT2D eigenvalue weighted by Crippen LogP contribution is -2.31. The lowest BCUT2D eigenvalue weighted by atomic mass is 10.0. The van der Waals surface area contributed by atoms with Crippen molar-refractivity contribution in [3.8, 4) is 5.75 Å². The molecule has 0 spiro atoms. The van der Waals surface area contributed by atoms with Crippen LogP contribution in [0, 0.1) is 0 Å². The van der Waals surface area contributed by atoms with Gasteiger partial charge in [0.15, 0.2) is 0 Å². The fourth-order valence-corrected chi connectivity index (χ4v) is 2.32. The van der Waals surface area contributed by atoms with Gasteiger partial charge in [-0.1, -0.05) is 18.2 Å². The molecule has 0 saturated heterocycles. The maximum Gasteiger partial charge on any atom is 0.122 e. The first kappa shape index (κ1) is 15.3. The maximum absolute atomic E-state index is 5.96. The van der Waals surface area contributed by atoms with Gasteiger partial charge < -0.3 is 10.5 Å². The Labute approximate surface area is 126 Å². The Hall–Kier alpha value is -2.07. The van der Waals surface area contributed by atoms with Gasteiger partial charge >= 0.3 is 0 Å². The van der Waals surface area contributed by atoms with Gasteiger partial charge in [-0.2, -0.15) is 0 Å². The lowest BCUT2D eigenvalue weighted by Gasteiger charge is -2.25. The van der Waals surface area contributed by atoms with Crippen molar-refractivity contribution in [1.29, 1.82) is 0 Å². The third-order valence-electron chi connectivity index (χ3n) is 3.78. The molecule has 1 aromatic heterocycles. The van der Waals surface area contributed by atoms with E-state index in [-0.39, 0.29) is 0 Å². The van der Waals surface area contributed by atoms with Gasteiger partial charge in [0.1, 0.15) is 5.75 Å². The Morgan fingerprint density at radius 2 is 2.00 bits per heavy atom. The first-order valence-corrected chi connectivity index (χ1v) is 7.13. The first-order chi connectivity index (χ1) is 10.1. The van der Waals surface area contributed by atoms with Crippen molar-refractivity contribution < 1.29 is 4.74 Å². The van der Waals surface area contributed by atoms with Crippen molar-refractivity contribution >= 4 is 5.69 Å². The first-order valence-electron chi connectivity index (χ1n) is 7.13. The highest BCUT2D eigenvalue weighted by Crippen LogP contribution is 2.21. The summed E-state index contributed by atoms with van der Waals surface area (Å²) >= 11 is 0. The molecule has 0 aliphatic rings. The summed E-state index contributed by atoms with van der Waals surface area (Å²) in [7, 11) is 3.80. The summed E-state index contributed by atoms with van der Waals surface area (Å²) in [6.45, 7) is 2.94. The van der Waals surface area contributed by atoms with Crippen LogP contribution in [0.1, 0.15) is 18.2 Å². The van der Waals surface area contributed by atoms with Crippen LogP contribution >= 0.6 is 0 Å². The molecular weight excluding hydrogens is 262 g/mol. The van der Waals surface area contributed by atoms with Crippen LogP contribution in [-0.4, -0.2) is 30.1 Å². The van der Waals surface area contributed by atoms with Crippen molar-refractivity contribution in [3.05, 3.63) is 53.9 Å². The van der Waals surface area contributed by atoms with E-state index in [0.29, 0.717) is 6.04 Å². The van der Waals surface area contributed by atoms with Crippen LogP contribution in [0.15, 0.2) is 42.6 Å². The van der Waals surface area contributed by atoms with Gasteiger partial charge in [-0.05, 0) is 44.2 Å². The van der Waals surface area contributed by atoms with Crippen molar-refractivity contribution in [3.63, 3.8) is 0 Å². The zero-order chi connectivity index (χ0) is 15.2. The van der Waals surface area contributed by atoms with Crippen LogP contribution in [0.25, 0.3) is 0 Å². The second-order valence-electron chi connectivity index (χ2n) is 5.32. The van der Waals surface area contributed by atoms with Gasteiger partial charge in [0.2, 0.25) is 0 Å². The number of pyridine rings is 1. The quantitative estimate of drug-likeness (QED) is 0.886. The summed E-state index contributed by atoms with van der Waals surface area (Å²) in [5.41, 5.74) is 8.84. The number of para-hydroxylation sites is 1. The van der Waals surface area contributed by atoms with E-state index in [4.69, 9.17) is 10.5 Å². The molecule has 0 radical (unpaired) electrons. The van der Waals surface area contributed by atoms with E-state index in [1.807, 2.05) is 30.3 Å². The molecule has 112 valence electrons. The summed E-state index contributed by atoms with van der Waals surface area (Å²) in [4.78, 5) is 6.61. The number of methoxy groups -OCH3 is 1. The highest BCUT2D eigenvalue weighted by molar-refractivity contribution is 5.41. The molecule has 0 fully saturated rings. The molecule has 2 N–H and O–H groups in total. The molecule has 0 aliphatic heterocycles. The van der Waals surface area contributed by atoms with Crippen LogP contribution < -0.4 is 10.5 Å². The molecule has 0 saturated carbocycles. The van der Waals surface area contributed by atoms with Gasteiger partial charge in [-0.3, -0.25) is 9.88 Å². The fourth-order valence-electron chi connectivity index (χ4n) is 2.32. The molecule has 21 heavy (non-hydrogen) atoms. The van der Waals surface area contributed by atoms with E-state index >= 15 is 0 Å². The highest BCUT2D eigenvalue weighted by Gasteiger charge is 2.14. The largest absolute Gasteiger partial charge is 0.496 e. The number of nitrogens with two attached hydrogens (primary N) is 1. The zero-order valence-electron chi connectivity index (χ0n) is 12.9. The molecule has 2 aromatic rings. The molecule has 0 amide bonds. The third-order valence-corrected chi connectivity index (χ3v) is 3.78. The van der Waals surface area contributed by atoms with Crippen molar-refractivity contribution in [2.75, 3.05) is 19.9 Å². The number of nitrogens with zero attached hydrogens (tertiary/aromatic N) is 2. The summed E-state index contributed by atoms with van der Waals surface area (Å²) < 4.78 is 5.41. The van der Waals surface area contributed by atoms with Crippen molar-refractivity contribution in [1.82, 2.24) is 9.88 Å². The van der Waals surface area contributed by atoms with Crippen molar-refractivity contribution in [2.45, 2.75) is 25.9 Å². The standard InChI is InChI=1S/C17H23N3O/c1-13(11-14-7-4-5-9-17(14)21-3)20(2)12-16-15(18)8-6-10-19-16/h4-10,13H,11-12,18H2,1-3H3. The number of nitrogen functional groups attached to an aromatic ring is 1. The van der Waals surface area contributed by atoms with E-state index in [9.17, 15) is 0 Å². The number of anilines is 1. The van der Waals surface area contributed by atoms with E-state index in [2.05, 4.69) is 29.9 Å². The molecular formula is C17H23N3O. The third kappa shape index (κ3) is 3.95. The van der Waals surface area contributed by atoms with E-state index in [1.54, 1.807) is 13.3 Å². The summed E-state index contributed by atoms with van der Waals surface area (Å²) in [5, 5.41) is 0. The maximum atomic E-state index is 5.96. The fraction of sp³-hybridized carbons (Fsp3) is 0.353.